The molecule has 176 valence electrons. The maximum absolute atomic E-state index is 13.4. The Morgan fingerprint density at radius 3 is 1.94 bits per heavy atom. The van der Waals surface area contributed by atoms with E-state index in [1.807, 2.05) is 0 Å². The number of carbonyl (C=O) groups excluding carboxylic acids is 4. The summed E-state index contributed by atoms with van der Waals surface area (Å²) in [6, 6.07) is 7.10. The number of anilines is 2. The summed E-state index contributed by atoms with van der Waals surface area (Å²) < 4.78 is 1.28. The first-order valence-electron chi connectivity index (χ1n) is 10.1. The lowest BCUT2D eigenvalue weighted by Gasteiger charge is -2.19. The lowest BCUT2D eigenvalue weighted by molar-refractivity contribution is -0.128. The number of carbonyl (C=O) groups is 4. The predicted octanol–water partition coefficient (Wildman–Crippen LogP) is 3.89. The van der Waals surface area contributed by atoms with Gasteiger partial charge in [0.05, 0.1) is 33.4 Å². The molecule has 0 aliphatic carbocycles. The first-order valence-corrected chi connectivity index (χ1v) is 10.8. The number of fused-ring (bicyclic) bond motifs is 1. The Morgan fingerprint density at radius 2 is 1.43 bits per heavy atom. The van der Waals surface area contributed by atoms with E-state index in [4.69, 9.17) is 23.2 Å². The van der Waals surface area contributed by atoms with Crippen LogP contribution < -0.4 is 10.6 Å². The van der Waals surface area contributed by atoms with Crippen LogP contribution in [-0.2, 0) is 9.59 Å². The van der Waals surface area contributed by atoms with Gasteiger partial charge in [-0.05, 0) is 31.2 Å². The molecule has 0 fully saturated rings. The molecule has 0 bridgehead atoms. The van der Waals surface area contributed by atoms with Crippen molar-refractivity contribution in [3.63, 3.8) is 0 Å². The number of hydrogen-bond donors (Lipinski definition) is 2. The predicted molar refractivity (Wildman–Crippen MR) is 130 cm³/mol. The monoisotopic (exact) mass is 510 g/mol. The fourth-order valence-electron chi connectivity index (χ4n) is 3.36. The highest BCUT2D eigenvalue weighted by molar-refractivity contribution is 6.35. The van der Waals surface area contributed by atoms with E-state index in [1.165, 1.54) is 53.6 Å². The number of aryl methyl sites for hydroxylation is 1. The fourth-order valence-corrected chi connectivity index (χ4v) is 3.69. The molecule has 10 nitrogen and oxygen atoms in total. The van der Waals surface area contributed by atoms with E-state index in [1.54, 1.807) is 6.92 Å². The van der Waals surface area contributed by atoms with E-state index >= 15 is 0 Å². The molecule has 2 aromatic carbocycles. The minimum atomic E-state index is -1.53. The highest BCUT2D eigenvalue weighted by Gasteiger charge is 2.32. The molecule has 0 aliphatic rings. The summed E-state index contributed by atoms with van der Waals surface area (Å²) in [6.45, 7) is 1.71. The number of nitrogens with zero attached hydrogens (tertiary/aromatic N) is 4. The molecular formula is C23H16Cl2N6O4. The number of hydrogen-bond acceptors (Lipinski definition) is 7. The number of imidazole rings is 1. The summed E-state index contributed by atoms with van der Waals surface area (Å²) in [5, 5.41) is 5.50. The zero-order chi connectivity index (χ0) is 25.1. The van der Waals surface area contributed by atoms with Crippen LogP contribution in [0.5, 0.6) is 0 Å². The van der Waals surface area contributed by atoms with Crippen LogP contribution in [0.25, 0.3) is 11.2 Å². The Bertz CT molecular complexity index is 1410. The van der Waals surface area contributed by atoms with Crippen molar-refractivity contribution < 1.29 is 19.2 Å². The molecular weight excluding hydrogens is 495 g/mol. The second-order valence-corrected chi connectivity index (χ2v) is 8.19. The van der Waals surface area contributed by atoms with Gasteiger partial charge < -0.3 is 10.6 Å². The van der Waals surface area contributed by atoms with E-state index in [9.17, 15) is 19.2 Å². The number of amides is 2. The van der Waals surface area contributed by atoms with Crippen molar-refractivity contribution >= 4 is 70.1 Å². The van der Waals surface area contributed by atoms with E-state index in [-0.39, 0.29) is 38.2 Å². The van der Waals surface area contributed by atoms with Crippen LogP contribution in [0.1, 0.15) is 32.5 Å². The third-order valence-electron chi connectivity index (χ3n) is 5.09. The lowest BCUT2D eigenvalue weighted by Crippen LogP contribution is -2.36. The van der Waals surface area contributed by atoms with Crippen LogP contribution in [-0.4, -0.2) is 43.9 Å². The normalized spacial score (nSPS) is 10.9. The molecule has 2 N–H and O–H groups in total. The average Bonchev–Trinajstić information content (AvgIpc) is 3.27. The fraction of sp³-hybridized carbons (Fsp3) is 0.0870. The van der Waals surface area contributed by atoms with E-state index in [0.29, 0.717) is 23.8 Å². The van der Waals surface area contributed by atoms with Gasteiger partial charge in [-0.1, -0.05) is 35.3 Å². The van der Waals surface area contributed by atoms with Crippen molar-refractivity contribution in [2.75, 3.05) is 10.6 Å². The number of halogens is 2. The number of aldehydes is 2. The highest BCUT2D eigenvalue weighted by atomic mass is 35.5. The third kappa shape index (κ3) is 4.88. The van der Waals surface area contributed by atoms with Crippen LogP contribution >= 0.6 is 23.2 Å². The van der Waals surface area contributed by atoms with Gasteiger partial charge in [-0.25, -0.2) is 15.0 Å². The minimum Gasteiger partial charge on any atom is -0.322 e. The van der Waals surface area contributed by atoms with Crippen molar-refractivity contribution in [1.82, 2.24) is 19.5 Å². The Kier molecular flexibility index (Phi) is 6.85. The molecule has 4 rings (SSSR count). The van der Waals surface area contributed by atoms with E-state index in [0.717, 1.165) is 0 Å². The quantitative estimate of drug-likeness (QED) is 0.284. The zero-order valence-electron chi connectivity index (χ0n) is 18.0. The maximum Gasteiger partial charge on any atom is 0.257 e. The van der Waals surface area contributed by atoms with Crippen molar-refractivity contribution in [3.8, 4) is 0 Å². The highest BCUT2D eigenvalue weighted by Crippen LogP contribution is 2.27. The standard InChI is InChI=1S/C23H16Cl2N6O4/c1-12-19-21(27-10-26-12)31(11-28-19)20(22(34)29-17-6-13(8-32)2-4-15(17)24)23(35)30-18-7-14(9-33)3-5-16(18)25/h2-11,20H,1H3,(H,29,34)(H,30,35). The third-order valence-corrected chi connectivity index (χ3v) is 5.74. The molecule has 2 amide bonds. The van der Waals surface area contributed by atoms with Crippen LogP contribution in [0, 0.1) is 6.92 Å². The molecule has 2 aromatic heterocycles. The SMILES string of the molecule is Cc1ncnc2c1ncn2C(C(=O)Nc1cc(C=O)ccc1Cl)C(=O)Nc1cc(C=O)ccc1Cl. The second kappa shape index (κ2) is 10.00. The van der Waals surface area contributed by atoms with Crippen LogP contribution in [0.15, 0.2) is 49.1 Å². The van der Waals surface area contributed by atoms with Crippen LogP contribution in [0.2, 0.25) is 10.0 Å². The second-order valence-electron chi connectivity index (χ2n) is 7.38. The maximum atomic E-state index is 13.4. The largest absolute Gasteiger partial charge is 0.322 e. The van der Waals surface area contributed by atoms with Gasteiger partial charge in [0, 0.05) is 11.1 Å². The molecule has 0 radical (unpaired) electrons. The van der Waals surface area contributed by atoms with Gasteiger partial charge in [0.2, 0.25) is 0 Å². The molecule has 0 unspecified atom stereocenters. The molecule has 2 heterocycles. The zero-order valence-corrected chi connectivity index (χ0v) is 19.5. The Balaban J connectivity index is 1.77. The number of benzene rings is 2. The minimum absolute atomic E-state index is 0.135. The number of nitrogens with one attached hydrogen (secondary N) is 2. The van der Waals surface area contributed by atoms with Crippen molar-refractivity contribution in [1.29, 1.82) is 0 Å². The smallest absolute Gasteiger partial charge is 0.257 e. The van der Waals surface area contributed by atoms with Crippen LogP contribution in [0.4, 0.5) is 11.4 Å². The number of aromatic nitrogens is 4. The molecule has 0 saturated carbocycles. The topological polar surface area (TPSA) is 136 Å². The van der Waals surface area contributed by atoms with Crippen molar-refractivity contribution in [2.45, 2.75) is 13.0 Å². The average molecular weight is 511 g/mol. The van der Waals surface area contributed by atoms with Gasteiger partial charge in [-0.15, -0.1) is 0 Å². The number of rotatable bonds is 7. The molecule has 0 saturated heterocycles. The van der Waals surface area contributed by atoms with Gasteiger partial charge >= 0.3 is 0 Å². The lowest BCUT2D eigenvalue weighted by atomic mass is 10.1. The summed E-state index contributed by atoms with van der Waals surface area (Å²) in [5.41, 5.74) is 2.02. The molecule has 12 heteroatoms. The van der Waals surface area contributed by atoms with E-state index in [2.05, 4.69) is 25.6 Å². The summed E-state index contributed by atoms with van der Waals surface area (Å²) in [7, 11) is 0. The molecule has 0 aliphatic heterocycles. The van der Waals surface area contributed by atoms with Gasteiger partial charge in [0.25, 0.3) is 11.8 Å². The van der Waals surface area contributed by atoms with Crippen molar-refractivity contribution in [2.24, 2.45) is 0 Å². The van der Waals surface area contributed by atoms with Gasteiger partial charge in [0.15, 0.2) is 11.7 Å². The van der Waals surface area contributed by atoms with Crippen LogP contribution in [0.3, 0.4) is 0 Å². The summed E-state index contributed by atoms with van der Waals surface area (Å²) in [6.07, 6.45) is 3.78. The summed E-state index contributed by atoms with van der Waals surface area (Å²) in [5.74, 6) is -1.57. The first-order chi connectivity index (χ1) is 16.8. The molecule has 0 spiro atoms. The molecule has 0 atom stereocenters. The van der Waals surface area contributed by atoms with Gasteiger partial charge in [0.1, 0.15) is 24.4 Å². The molecule has 35 heavy (non-hydrogen) atoms. The Hall–Kier alpha value is -4.15. The van der Waals surface area contributed by atoms with Gasteiger partial charge in [-0.3, -0.25) is 23.7 Å². The van der Waals surface area contributed by atoms with Gasteiger partial charge in [-0.2, -0.15) is 0 Å². The van der Waals surface area contributed by atoms with Crippen molar-refractivity contribution in [3.05, 3.63) is 75.9 Å². The summed E-state index contributed by atoms with van der Waals surface area (Å²) in [4.78, 5) is 61.7. The first kappa shape index (κ1) is 24.0. The Labute approximate surface area is 208 Å². The molecule has 4 aromatic rings. The Morgan fingerprint density at radius 1 is 0.886 bits per heavy atom. The summed E-state index contributed by atoms with van der Waals surface area (Å²) >= 11 is 12.4. The van der Waals surface area contributed by atoms with E-state index < -0.39 is 17.9 Å².